The average Bonchev–Trinajstić information content (AvgIpc) is 3.10. The van der Waals surface area contributed by atoms with Crippen LogP contribution >= 0.6 is 0 Å². The number of aromatic nitrogens is 1. The molecule has 2 aliphatic rings. The topological polar surface area (TPSA) is 48.5 Å². The SMILES string of the molecule is CN(C)[C@]1(c2ccccc2)CC[C@@]2(CC1)CN(c1cccc3ncccc13)C(=O)N2. The zero-order valence-electron chi connectivity index (χ0n) is 17.6. The molecule has 2 aromatic carbocycles. The first kappa shape index (κ1) is 19.1. The van der Waals surface area contributed by atoms with Gasteiger partial charge in [-0.15, -0.1) is 0 Å². The molecule has 5 rings (SSSR count). The van der Waals surface area contributed by atoms with Crippen LogP contribution in [0.25, 0.3) is 10.9 Å². The summed E-state index contributed by atoms with van der Waals surface area (Å²) in [5, 5.41) is 4.38. The number of benzene rings is 2. The molecule has 1 saturated carbocycles. The van der Waals surface area contributed by atoms with Crippen molar-refractivity contribution in [1.29, 1.82) is 0 Å². The number of pyridine rings is 1. The lowest BCUT2D eigenvalue weighted by atomic mass is 9.69. The minimum atomic E-state index is -0.171. The molecule has 1 aliphatic carbocycles. The summed E-state index contributed by atoms with van der Waals surface area (Å²) in [5.41, 5.74) is 3.08. The first-order valence-electron chi connectivity index (χ1n) is 10.7. The van der Waals surface area contributed by atoms with Crippen LogP contribution in [0.3, 0.4) is 0 Å². The Morgan fingerprint density at radius 3 is 2.43 bits per heavy atom. The predicted octanol–water partition coefficient (Wildman–Crippen LogP) is 4.53. The van der Waals surface area contributed by atoms with Gasteiger partial charge in [0, 0.05) is 17.1 Å². The van der Waals surface area contributed by atoms with Gasteiger partial charge in [-0.3, -0.25) is 14.8 Å². The maximum Gasteiger partial charge on any atom is 0.322 e. The number of fused-ring (bicyclic) bond motifs is 1. The molecule has 1 N–H and O–H groups in total. The van der Waals surface area contributed by atoms with Crippen LogP contribution in [-0.2, 0) is 5.54 Å². The van der Waals surface area contributed by atoms with Crippen molar-refractivity contribution in [3.63, 3.8) is 0 Å². The Balaban J connectivity index is 1.42. The second-order valence-corrected chi connectivity index (χ2v) is 8.94. The van der Waals surface area contributed by atoms with E-state index in [1.165, 1.54) is 5.56 Å². The molecule has 2 fully saturated rings. The number of rotatable bonds is 3. The first-order valence-corrected chi connectivity index (χ1v) is 10.7. The third-order valence-corrected chi connectivity index (χ3v) is 7.19. The van der Waals surface area contributed by atoms with Crippen LogP contribution in [0.15, 0.2) is 66.9 Å². The maximum absolute atomic E-state index is 13.0. The quantitative estimate of drug-likeness (QED) is 0.702. The number of anilines is 1. The van der Waals surface area contributed by atoms with Crippen molar-refractivity contribution in [3.05, 3.63) is 72.4 Å². The van der Waals surface area contributed by atoms with E-state index < -0.39 is 0 Å². The number of hydrogen-bond acceptors (Lipinski definition) is 3. The molecule has 1 spiro atoms. The summed E-state index contributed by atoms with van der Waals surface area (Å²) in [6.07, 6.45) is 5.77. The molecule has 0 atom stereocenters. The molecule has 1 aliphatic heterocycles. The standard InChI is InChI=1S/C25H28N4O/c1-28(2)25(19-8-4-3-5-9-19)15-13-24(14-16-25)18-29(23(30)27-24)22-12-6-11-21-20(22)10-7-17-26-21/h3-12,17H,13-16,18H2,1-2H3,(H,27,30)/t24-,25-. The number of nitrogens with one attached hydrogen (secondary N) is 1. The number of carbonyl (C=O) groups excluding carboxylic acids is 1. The maximum atomic E-state index is 13.0. The van der Waals surface area contributed by atoms with Crippen molar-refractivity contribution >= 4 is 22.6 Å². The number of hydrogen-bond donors (Lipinski definition) is 1. The lowest BCUT2D eigenvalue weighted by Crippen LogP contribution is -2.54. The van der Waals surface area contributed by atoms with Crippen LogP contribution in [0.5, 0.6) is 0 Å². The Morgan fingerprint density at radius 2 is 1.70 bits per heavy atom. The first-order chi connectivity index (χ1) is 14.5. The van der Waals surface area contributed by atoms with E-state index in [0.717, 1.165) is 42.3 Å². The van der Waals surface area contributed by atoms with Crippen LogP contribution in [0.2, 0.25) is 0 Å². The second kappa shape index (κ2) is 7.10. The highest BCUT2D eigenvalue weighted by Gasteiger charge is 2.50. The lowest BCUT2D eigenvalue weighted by Gasteiger charge is -2.48. The molecule has 0 bridgehead atoms. The molecule has 5 nitrogen and oxygen atoms in total. The van der Waals surface area contributed by atoms with E-state index in [4.69, 9.17) is 0 Å². The number of nitrogens with zero attached hydrogens (tertiary/aromatic N) is 3. The second-order valence-electron chi connectivity index (χ2n) is 8.94. The molecule has 30 heavy (non-hydrogen) atoms. The highest BCUT2D eigenvalue weighted by molar-refractivity contribution is 6.03. The van der Waals surface area contributed by atoms with Crippen molar-refractivity contribution in [3.8, 4) is 0 Å². The van der Waals surface area contributed by atoms with Crippen molar-refractivity contribution in [2.75, 3.05) is 25.5 Å². The zero-order valence-corrected chi connectivity index (χ0v) is 17.6. The zero-order chi connectivity index (χ0) is 20.8. The Morgan fingerprint density at radius 1 is 0.933 bits per heavy atom. The van der Waals surface area contributed by atoms with E-state index in [0.29, 0.717) is 6.54 Å². The lowest BCUT2D eigenvalue weighted by molar-refractivity contribution is 0.0658. The van der Waals surface area contributed by atoms with Gasteiger partial charge in [0.25, 0.3) is 0 Å². The van der Waals surface area contributed by atoms with Gasteiger partial charge in [-0.1, -0.05) is 36.4 Å². The monoisotopic (exact) mass is 400 g/mol. The van der Waals surface area contributed by atoms with Gasteiger partial charge in [0.05, 0.1) is 23.3 Å². The minimum absolute atomic E-state index is 0.00316. The predicted molar refractivity (Wildman–Crippen MR) is 121 cm³/mol. The molecule has 0 radical (unpaired) electrons. The number of amides is 2. The van der Waals surface area contributed by atoms with Gasteiger partial charge in [0.1, 0.15) is 0 Å². The Kier molecular flexibility index (Phi) is 4.51. The summed E-state index contributed by atoms with van der Waals surface area (Å²) in [6.45, 7) is 0.706. The molecule has 1 aromatic heterocycles. The Bertz CT molecular complexity index is 1070. The molecule has 3 aromatic rings. The summed E-state index contributed by atoms with van der Waals surface area (Å²) in [7, 11) is 4.35. The van der Waals surface area contributed by atoms with Crippen LogP contribution in [-0.4, -0.2) is 42.1 Å². The third kappa shape index (κ3) is 2.96. The van der Waals surface area contributed by atoms with E-state index in [2.05, 4.69) is 59.6 Å². The summed E-state index contributed by atoms with van der Waals surface area (Å²) in [6, 6.07) is 20.8. The van der Waals surface area contributed by atoms with Gasteiger partial charge in [0.15, 0.2) is 0 Å². The van der Waals surface area contributed by atoms with Crippen molar-refractivity contribution in [2.45, 2.75) is 36.8 Å². The summed E-state index contributed by atoms with van der Waals surface area (Å²) in [5.74, 6) is 0. The summed E-state index contributed by atoms with van der Waals surface area (Å²) < 4.78 is 0. The summed E-state index contributed by atoms with van der Waals surface area (Å²) in [4.78, 5) is 21.8. The van der Waals surface area contributed by atoms with Crippen LogP contribution in [0.4, 0.5) is 10.5 Å². The van der Waals surface area contributed by atoms with Gasteiger partial charge in [-0.25, -0.2) is 4.79 Å². The highest BCUT2D eigenvalue weighted by Crippen LogP contribution is 2.46. The van der Waals surface area contributed by atoms with Gasteiger partial charge in [0.2, 0.25) is 0 Å². The van der Waals surface area contributed by atoms with Gasteiger partial charge >= 0.3 is 6.03 Å². The van der Waals surface area contributed by atoms with Crippen LogP contribution < -0.4 is 10.2 Å². The van der Waals surface area contributed by atoms with Crippen molar-refractivity contribution in [2.24, 2.45) is 0 Å². The van der Waals surface area contributed by atoms with Gasteiger partial charge < -0.3 is 5.32 Å². The Labute approximate surface area is 177 Å². The highest BCUT2D eigenvalue weighted by atomic mass is 16.2. The molecular weight excluding hydrogens is 372 g/mol. The van der Waals surface area contributed by atoms with Crippen LogP contribution in [0, 0.1) is 0 Å². The van der Waals surface area contributed by atoms with E-state index >= 15 is 0 Å². The van der Waals surface area contributed by atoms with Crippen molar-refractivity contribution in [1.82, 2.24) is 15.2 Å². The molecule has 0 unspecified atom stereocenters. The normalized spacial score (nSPS) is 26.5. The molecule has 5 heteroatoms. The number of urea groups is 1. The smallest absolute Gasteiger partial charge is 0.322 e. The minimum Gasteiger partial charge on any atom is -0.330 e. The van der Waals surface area contributed by atoms with Gasteiger partial charge in [-0.05, 0) is 69.6 Å². The van der Waals surface area contributed by atoms with E-state index in [9.17, 15) is 4.79 Å². The largest absolute Gasteiger partial charge is 0.330 e. The average molecular weight is 401 g/mol. The van der Waals surface area contributed by atoms with E-state index in [-0.39, 0.29) is 17.1 Å². The molecule has 2 heterocycles. The van der Waals surface area contributed by atoms with E-state index in [1.54, 1.807) is 6.20 Å². The number of carbonyl (C=O) groups is 1. The Hall–Kier alpha value is -2.92. The fourth-order valence-electron chi connectivity index (χ4n) is 5.39. The molecule has 154 valence electrons. The van der Waals surface area contributed by atoms with E-state index in [1.807, 2.05) is 35.2 Å². The third-order valence-electron chi connectivity index (χ3n) is 7.19. The van der Waals surface area contributed by atoms with Crippen LogP contribution in [0.1, 0.15) is 31.2 Å². The molecule has 2 amide bonds. The summed E-state index contributed by atoms with van der Waals surface area (Å²) >= 11 is 0. The van der Waals surface area contributed by atoms with Crippen molar-refractivity contribution < 1.29 is 4.79 Å². The molecule has 1 saturated heterocycles. The fourth-order valence-corrected chi connectivity index (χ4v) is 5.39. The van der Waals surface area contributed by atoms with Gasteiger partial charge in [-0.2, -0.15) is 0 Å². The fraction of sp³-hybridized carbons (Fsp3) is 0.360. The molecular formula is C25H28N4O.